The number of pyridine rings is 1. The van der Waals surface area contributed by atoms with Crippen molar-refractivity contribution in [2.24, 2.45) is 0 Å². The quantitative estimate of drug-likeness (QED) is 0.494. The molecule has 0 fully saturated rings. The number of rotatable bonds is 8. The maximum Gasteiger partial charge on any atom is 0.325 e. The summed E-state index contributed by atoms with van der Waals surface area (Å²) in [6, 6.07) is 16.4. The van der Waals surface area contributed by atoms with Crippen LogP contribution in [0.1, 0.15) is 40.8 Å². The van der Waals surface area contributed by atoms with Gasteiger partial charge in [0.1, 0.15) is 17.0 Å². The van der Waals surface area contributed by atoms with E-state index >= 15 is 0 Å². The zero-order valence-electron chi connectivity index (χ0n) is 16.0. The van der Waals surface area contributed by atoms with E-state index in [-0.39, 0.29) is 11.9 Å². The molecule has 1 heterocycles. The average Bonchev–Trinajstić information content (AvgIpc) is 2.72. The van der Waals surface area contributed by atoms with Gasteiger partial charge in [-0.05, 0) is 54.2 Å². The molecule has 1 aromatic heterocycles. The Morgan fingerprint density at radius 1 is 1.14 bits per heavy atom. The summed E-state index contributed by atoms with van der Waals surface area (Å²) in [6.07, 6.45) is 2.99. The van der Waals surface area contributed by atoms with Crippen LogP contribution < -0.4 is 5.32 Å². The van der Waals surface area contributed by atoms with Crippen molar-refractivity contribution in [3.63, 3.8) is 0 Å². The van der Waals surface area contributed by atoms with E-state index in [0.29, 0.717) is 29.1 Å². The van der Waals surface area contributed by atoms with Crippen LogP contribution in [0, 0.1) is 12.7 Å². The predicted octanol–water partition coefficient (Wildman–Crippen LogP) is 5.27. The van der Waals surface area contributed by atoms with Gasteiger partial charge in [0.05, 0.1) is 0 Å². The minimum absolute atomic E-state index is 0.285. The van der Waals surface area contributed by atoms with Crippen molar-refractivity contribution < 1.29 is 14.3 Å². The van der Waals surface area contributed by atoms with Gasteiger partial charge in [-0.1, -0.05) is 60.1 Å². The number of hydrogen-bond donors (Lipinski definition) is 2. The molecule has 0 amide bonds. The topological polar surface area (TPSA) is 62.2 Å². The number of carboxylic acids is 1. The van der Waals surface area contributed by atoms with E-state index in [1.165, 1.54) is 6.07 Å². The van der Waals surface area contributed by atoms with Gasteiger partial charge in [0, 0.05) is 12.2 Å². The van der Waals surface area contributed by atoms with Gasteiger partial charge in [0.25, 0.3) is 0 Å². The number of aromatic nitrogens is 1. The van der Waals surface area contributed by atoms with E-state index in [1.807, 2.05) is 24.3 Å². The molecule has 0 bridgehead atoms. The number of nitrogens with one attached hydrogen (secondary N) is 1. The number of hydrogen-bond acceptors (Lipinski definition) is 3. The Hall–Kier alpha value is -2.76. The number of benzene rings is 2. The number of carboxylic acid groups (broad SMARTS) is 1. The van der Waals surface area contributed by atoms with Gasteiger partial charge in [-0.25, -0.2) is 9.37 Å². The highest BCUT2D eigenvalue weighted by molar-refractivity contribution is 6.29. The number of nitrogens with zero attached hydrogens (tertiary/aromatic N) is 1. The second-order valence-electron chi connectivity index (χ2n) is 6.94. The second-order valence-corrected chi connectivity index (χ2v) is 7.32. The summed E-state index contributed by atoms with van der Waals surface area (Å²) in [5.41, 5.74) is 3.02. The average molecular weight is 413 g/mol. The molecule has 2 atom stereocenters. The van der Waals surface area contributed by atoms with Crippen LogP contribution in [0.15, 0.2) is 66.9 Å². The fourth-order valence-corrected chi connectivity index (χ4v) is 3.36. The summed E-state index contributed by atoms with van der Waals surface area (Å²) < 4.78 is 13.8. The highest BCUT2D eigenvalue weighted by atomic mass is 35.5. The summed E-state index contributed by atoms with van der Waals surface area (Å²) in [6.45, 7) is 1.70. The molecule has 3 aromatic rings. The monoisotopic (exact) mass is 412 g/mol. The first kappa shape index (κ1) is 21.0. The molecule has 0 radical (unpaired) electrons. The van der Waals surface area contributed by atoms with Crippen LogP contribution in [0.2, 0.25) is 5.15 Å². The molecule has 2 N–H and O–H groups in total. The molecule has 0 aliphatic carbocycles. The van der Waals surface area contributed by atoms with Crippen LogP contribution in [-0.2, 0) is 11.2 Å². The van der Waals surface area contributed by atoms with Crippen molar-refractivity contribution in [2.75, 3.05) is 0 Å². The van der Waals surface area contributed by atoms with E-state index in [1.54, 1.807) is 43.5 Å². The van der Waals surface area contributed by atoms with E-state index in [0.717, 1.165) is 11.1 Å². The highest BCUT2D eigenvalue weighted by Gasteiger charge is 2.24. The van der Waals surface area contributed by atoms with Gasteiger partial charge in [-0.15, -0.1) is 0 Å². The van der Waals surface area contributed by atoms with Crippen LogP contribution in [-0.4, -0.2) is 16.1 Å². The first-order valence-electron chi connectivity index (χ1n) is 9.34. The molecule has 29 heavy (non-hydrogen) atoms. The van der Waals surface area contributed by atoms with Crippen molar-refractivity contribution in [2.45, 2.75) is 31.8 Å². The Labute approximate surface area is 174 Å². The molecule has 150 valence electrons. The van der Waals surface area contributed by atoms with E-state index < -0.39 is 12.0 Å². The Balaban J connectivity index is 1.87. The number of aryl methyl sites for hydroxylation is 2. The summed E-state index contributed by atoms with van der Waals surface area (Å²) in [7, 11) is 0. The summed E-state index contributed by atoms with van der Waals surface area (Å²) >= 11 is 5.85. The van der Waals surface area contributed by atoms with Crippen LogP contribution in [0.3, 0.4) is 0 Å². The molecule has 6 heteroatoms. The van der Waals surface area contributed by atoms with Crippen molar-refractivity contribution >= 4 is 17.6 Å². The Bertz CT molecular complexity index is 964. The predicted molar refractivity (Wildman–Crippen MR) is 111 cm³/mol. The van der Waals surface area contributed by atoms with Crippen molar-refractivity contribution in [1.29, 1.82) is 0 Å². The fraction of sp³-hybridized carbons (Fsp3) is 0.217. The van der Waals surface area contributed by atoms with E-state index in [4.69, 9.17) is 11.6 Å². The van der Waals surface area contributed by atoms with Gasteiger partial charge < -0.3 is 5.11 Å². The lowest BCUT2D eigenvalue weighted by Gasteiger charge is -2.25. The maximum absolute atomic E-state index is 13.8. The molecular weight excluding hydrogens is 391 g/mol. The molecule has 0 saturated carbocycles. The third kappa shape index (κ3) is 5.62. The van der Waals surface area contributed by atoms with Gasteiger partial charge in [-0.3, -0.25) is 10.1 Å². The van der Waals surface area contributed by atoms with Gasteiger partial charge in [0.2, 0.25) is 0 Å². The van der Waals surface area contributed by atoms with Crippen molar-refractivity contribution in [3.05, 3.63) is 100 Å². The van der Waals surface area contributed by atoms with Crippen LogP contribution in [0.5, 0.6) is 0 Å². The standard InChI is InChI=1S/C23H22ClFN2O2/c1-15-13-18(9-10-19(15)25)20(11-7-16-8-12-21(24)26-14-16)27-22(23(28)29)17-5-3-2-4-6-17/h2-6,8-10,12-14,20,22,27H,7,11H2,1H3,(H,28,29). The van der Waals surface area contributed by atoms with Gasteiger partial charge >= 0.3 is 5.97 Å². The zero-order valence-corrected chi connectivity index (χ0v) is 16.7. The molecule has 0 spiro atoms. The normalized spacial score (nSPS) is 13.1. The summed E-state index contributed by atoms with van der Waals surface area (Å²) in [5.74, 6) is -1.25. The molecule has 2 aromatic carbocycles. The van der Waals surface area contributed by atoms with Crippen molar-refractivity contribution in [1.82, 2.24) is 10.3 Å². The van der Waals surface area contributed by atoms with Gasteiger partial charge in [-0.2, -0.15) is 0 Å². The summed E-state index contributed by atoms with van der Waals surface area (Å²) in [4.78, 5) is 16.0. The SMILES string of the molecule is Cc1cc(C(CCc2ccc(Cl)nc2)NC(C(=O)O)c2ccccc2)ccc1F. The lowest BCUT2D eigenvalue weighted by molar-refractivity contribution is -0.140. The Kier molecular flexibility index (Phi) is 6.96. The third-order valence-corrected chi connectivity index (χ3v) is 5.07. The molecular formula is C23H22ClFN2O2. The number of aliphatic carboxylic acids is 1. The minimum atomic E-state index is -0.965. The molecule has 0 aliphatic heterocycles. The van der Waals surface area contributed by atoms with E-state index in [2.05, 4.69) is 10.3 Å². The Morgan fingerprint density at radius 2 is 1.90 bits per heavy atom. The highest BCUT2D eigenvalue weighted by Crippen LogP contribution is 2.26. The first-order chi connectivity index (χ1) is 13.9. The number of halogens is 2. The fourth-order valence-electron chi connectivity index (χ4n) is 3.25. The third-order valence-electron chi connectivity index (χ3n) is 4.84. The zero-order chi connectivity index (χ0) is 20.8. The molecule has 0 aliphatic rings. The lowest BCUT2D eigenvalue weighted by atomic mass is 9.96. The van der Waals surface area contributed by atoms with Gasteiger partial charge in [0.15, 0.2) is 0 Å². The largest absolute Gasteiger partial charge is 0.480 e. The molecule has 2 unspecified atom stereocenters. The lowest BCUT2D eigenvalue weighted by Crippen LogP contribution is -2.32. The Morgan fingerprint density at radius 3 is 2.52 bits per heavy atom. The molecule has 0 saturated heterocycles. The smallest absolute Gasteiger partial charge is 0.325 e. The van der Waals surface area contributed by atoms with Crippen molar-refractivity contribution in [3.8, 4) is 0 Å². The van der Waals surface area contributed by atoms with Crippen LogP contribution in [0.4, 0.5) is 4.39 Å². The molecule has 3 rings (SSSR count). The number of carbonyl (C=O) groups is 1. The molecule has 4 nitrogen and oxygen atoms in total. The summed E-state index contributed by atoms with van der Waals surface area (Å²) in [5, 5.41) is 13.5. The maximum atomic E-state index is 13.8. The first-order valence-corrected chi connectivity index (χ1v) is 9.72. The van der Waals surface area contributed by atoms with Crippen LogP contribution >= 0.6 is 11.6 Å². The minimum Gasteiger partial charge on any atom is -0.480 e. The second kappa shape index (κ2) is 9.63. The van der Waals surface area contributed by atoms with Crippen LogP contribution in [0.25, 0.3) is 0 Å². The van der Waals surface area contributed by atoms with E-state index in [9.17, 15) is 14.3 Å².